The van der Waals surface area contributed by atoms with E-state index in [-0.39, 0.29) is 12.5 Å². The zero-order valence-electron chi connectivity index (χ0n) is 14.6. The molecule has 0 aromatic heterocycles. The number of carbonyl (C=O) groups is 2. The van der Waals surface area contributed by atoms with Gasteiger partial charge in [0.05, 0.1) is 11.5 Å². The van der Waals surface area contributed by atoms with Crippen LogP contribution in [0.4, 0.5) is 0 Å². The normalized spacial score (nSPS) is 17.2. The Morgan fingerprint density at radius 3 is 2.58 bits per heavy atom. The summed E-state index contributed by atoms with van der Waals surface area (Å²) < 4.78 is 15.8. The molecule has 0 radical (unpaired) electrons. The maximum absolute atomic E-state index is 11.7. The number of rotatable bonds is 7. The molecule has 1 aliphatic heterocycles. The van der Waals surface area contributed by atoms with Crippen molar-refractivity contribution >= 4 is 46.3 Å². The third-order valence-electron chi connectivity index (χ3n) is 3.32. The molecule has 1 unspecified atom stereocenters. The van der Waals surface area contributed by atoms with E-state index in [4.69, 9.17) is 26.4 Å². The highest BCUT2D eigenvalue weighted by atomic mass is 32.2. The fourth-order valence-corrected chi connectivity index (χ4v) is 3.10. The van der Waals surface area contributed by atoms with Crippen molar-refractivity contribution in [3.8, 4) is 5.75 Å². The molecule has 1 amide bonds. The van der Waals surface area contributed by atoms with Gasteiger partial charge >= 0.3 is 5.97 Å². The van der Waals surface area contributed by atoms with Crippen LogP contribution < -0.4 is 10.1 Å². The molecule has 1 aliphatic rings. The fourth-order valence-electron chi connectivity index (χ4n) is 2.05. The van der Waals surface area contributed by atoms with Gasteiger partial charge in [0.15, 0.2) is 0 Å². The van der Waals surface area contributed by atoms with Crippen LogP contribution in [-0.2, 0) is 19.1 Å². The first kappa shape index (κ1) is 20.2. The van der Waals surface area contributed by atoms with E-state index in [1.165, 1.54) is 18.9 Å². The van der Waals surface area contributed by atoms with Crippen molar-refractivity contribution in [1.29, 1.82) is 0 Å². The summed E-state index contributed by atoms with van der Waals surface area (Å²) in [5.41, 5.74) is 1.74. The standard InChI is InChI=1S/C18H19NO5S2/c1-4-23-16(21)17(22-3)24-13-9-7-12(8-10-13)6-5-11(2)14-15(20)19-18(25)26-14/h5-10,17H,4H2,1-3H3,(H,19,20,25). The summed E-state index contributed by atoms with van der Waals surface area (Å²) >= 11 is 6.24. The number of hydrogen-bond acceptors (Lipinski definition) is 7. The number of thiocarbonyl (C=S) groups is 1. The molecule has 1 N–H and O–H groups in total. The molecule has 26 heavy (non-hydrogen) atoms. The Labute approximate surface area is 161 Å². The highest BCUT2D eigenvalue weighted by Gasteiger charge is 2.23. The molecule has 1 aromatic carbocycles. The number of amides is 1. The Morgan fingerprint density at radius 1 is 1.35 bits per heavy atom. The molecule has 0 spiro atoms. The summed E-state index contributed by atoms with van der Waals surface area (Å²) in [6.45, 7) is 3.82. The second kappa shape index (κ2) is 9.51. The minimum Gasteiger partial charge on any atom is -0.461 e. The van der Waals surface area contributed by atoms with E-state index in [0.717, 1.165) is 11.1 Å². The van der Waals surface area contributed by atoms with Crippen molar-refractivity contribution in [3.63, 3.8) is 0 Å². The number of ether oxygens (including phenoxy) is 3. The van der Waals surface area contributed by atoms with Crippen LogP contribution in [0.25, 0.3) is 6.08 Å². The largest absolute Gasteiger partial charge is 0.461 e. The Bertz CT molecular complexity index is 755. The van der Waals surface area contributed by atoms with Crippen LogP contribution in [0.1, 0.15) is 19.4 Å². The molecule has 1 fully saturated rings. The lowest BCUT2D eigenvalue weighted by Gasteiger charge is -2.15. The van der Waals surface area contributed by atoms with E-state index in [9.17, 15) is 9.59 Å². The number of benzene rings is 1. The first-order chi connectivity index (χ1) is 12.4. The zero-order valence-corrected chi connectivity index (χ0v) is 16.2. The molecule has 1 atom stereocenters. The highest BCUT2D eigenvalue weighted by Crippen LogP contribution is 2.27. The first-order valence-corrected chi connectivity index (χ1v) is 9.05. The number of methoxy groups -OCH3 is 1. The monoisotopic (exact) mass is 393 g/mol. The van der Waals surface area contributed by atoms with Crippen molar-refractivity contribution in [2.24, 2.45) is 0 Å². The van der Waals surface area contributed by atoms with Gasteiger partial charge in [-0.2, -0.15) is 0 Å². The molecule has 6 nitrogen and oxygen atoms in total. The Balaban J connectivity index is 2.03. The van der Waals surface area contributed by atoms with E-state index >= 15 is 0 Å². The average molecular weight is 393 g/mol. The predicted molar refractivity (Wildman–Crippen MR) is 105 cm³/mol. The lowest BCUT2D eigenvalue weighted by atomic mass is 10.1. The Kier molecular flexibility index (Phi) is 7.38. The topological polar surface area (TPSA) is 73.9 Å². The van der Waals surface area contributed by atoms with E-state index in [1.807, 2.05) is 31.2 Å². The summed E-state index contributed by atoms with van der Waals surface area (Å²) in [5.74, 6) is -0.268. The fraction of sp³-hybridized carbons (Fsp3) is 0.278. The second-order valence-corrected chi connectivity index (χ2v) is 6.88. The predicted octanol–water partition coefficient (Wildman–Crippen LogP) is 3.04. The summed E-state index contributed by atoms with van der Waals surface area (Å²) in [4.78, 5) is 24.0. The SMILES string of the molecule is CCOC(=O)C(OC)Oc1ccc(C=CC(C)=C2SC(=S)NC2=O)cc1. The minimum absolute atomic E-state index is 0.171. The molecule has 2 rings (SSSR count). The number of nitrogens with one attached hydrogen (secondary N) is 1. The molecule has 8 heteroatoms. The van der Waals surface area contributed by atoms with Crippen molar-refractivity contribution in [2.75, 3.05) is 13.7 Å². The van der Waals surface area contributed by atoms with Gasteiger partial charge in [0.2, 0.25) is 0 Å². The Morgan fingerprint density at radius 2 is 2.04 bits per heavy atom. The second-order valence-electron chi connectivity index (χ2n) is 5.20. The van der Waals surface area contributed by atoms with Crippen LogP contribution in [0, 0.1) is 0 Å². The van der Waals surface area contributed by atoms with Gasteiger partial charge in [0, 0.05) is 7.11 Å². The van der Waals surface area contributed by atoms with E-state index in [1.54, 1.807) is 19.1 Å². The van der Waals surface area contributed by atoms with Crippen molar-refractivity contribution < 1.29 is 23.8 Å². The molecular weight excluding hydrogens is 374 g/mol. The van der Waals surface area contributed by atoms with Crippen LogP contribution in [0.5, 0.6) is 5.75 Å². The molecule has 0 bridgehead atoms. The number of allylic oxidation sites excluding steroid dienone is 2. The van der Waals surface area contributed by atoms with Gasteiger partial charge < -0.3 is 19.5 Å². The molecule has 1 heterocycles. The highest BCUT2D eigenvalue weighted by molar-refractivity contribution is 8.26. The van der Waals surface area contributed by atoms with Crippen molar-refractivity contribution in [3.05, 3.63) is 46.4 Å². The number of thioether (sulfide) groups is 1. The zero-order chi connectivity index (χ0) is 19.1. The minimum atomic E-state index is -1.11. The van der Waals surface area contributed by atoms with Gasteiger partial charge in [-0.05, 0) is 37.1 Å². The molecule has 138 valence electrons. The molecular formula is C18H19NO5S2. The lowest BCUT2D eigenvalue weighted by molar-refractivity contribution is -0.172. The average Bonchev–Trinajstić information content (AvgIpc) is 2.97. The molecule has 0 aliphatic carbocycles. The molecule has 1 aromatic rings. The van der Waals surface area contributed by atoms with E-state index in [0.29, 0.717) is 15.0 Å². The summed E-state index contributed by atoms with van der Waals surface area (Å²) in [7, 11) is 1.37. The van der Waals surface area contributed by atoms with Crippen LogP contribution in [0.15, 0.2) is 40.8 Å². The maximum Gasteiger partial charge on any atom is 0.376 e. The van der Waals surface area contributed by atoms with Gasteiger partial charge in [0.1, 0.15) is 10.1 Å². The number of carbonyl (C=O) groups excluding carboxylic acids is 2. The van der Waals surface area contributed by atoms with Crippen molar-refractivity contribution in [2.45, 2.75) is 20.1 Å². The summed E-state index contributed by atoms with van der Waals surface area (Å²) in [6, 6.07) is 7.10. The van der Waals surface area contributed by atoms with Gasteiger partial charge in [-0.15, -0.1) is 0 Å². The van der Waals surface area contributed by atoms with Gasteiger partial charge in [-0.25, -0.2) is 4.79 Å². The summed E-state index contributed by atoms with van der Waals surface area (Å²) in [5, 5.41) is 2.59. The molecule has 1 saturated heterocycles. The van der Waals surface area contributed by atoms with Gasteiger partial charge in [0.25, 0.3) is 12.2 Å². The van der Waals surface area contributed by atoms with Crippen molar-refractivity contribution in [1.82, 2.24) is 5.32 Å². The quantitative estimate of drug-likeness (QED) is 0.330. The maximum atomic E-state index is 11.7. The van der Waals surface area contributed by atoms with Crippen LogP contribution in [-0.4, -0.2) is 36.2 Å². The third-order valence-corrected chi connectivity index (χ3v) is 4.67. The van der Waals surface area contributed by atoms with Crippen LogP contribution >= 0.6 is 24.0 Å². The van der Waals surface area contributed by atoms with Crippen LogP contribution in [0.3, 0.4) is 0 Å². The van der Waals surface area contributed by atoms with E-state index < -0.39 is 12.3 Å². The van der Waals surface area contributed by atoms with Gasteiger partial charge in [-0.1, -0.05) is 48.3 Å². The number of hydrogen-bond donors (Lipinski definition) is 1. The number of esters is 1. The third kappa shape index (κ3) is 5.42. The molecule has 0 saturated carbocycles. The lowest BCUT2D eigenvalue weighted by Crippen LogP contribution is -2.31. The first-order valence-electron chi connectivity index (χ1n) is 7.83. The smallest absolute Gasteiger partial charge is 0.376 e. The summed E-state index contributed by atoms with van der Waals surface area (Å²) in [6.07, 6.45) is 2.62. The van der Waals surface area contributed by atoms with E-state index in [2.05, 4.69) is 5.32 Å². The Hall–Kier alpha value is -2.16. The van der Waals surface area contributed by atoms with Gasteiger partial charge in [-0.3, -0.25) is 4.79 Å². The van der Waals surface area contributed by atoms with Crippen LogP contribution in [0.2, 0.25) is 0 Å².